The fourth-order valence-electron chi connectivity index (χ4n) is 5.21. The summed E-state index contributed by atoms with van der Waals surface area (Å²) in [5.74, 6) is 0.517. The van der Waals surface area contributed by atoms with Gasteiger partial charge in [-0.2, -0.15) is 0 Å². The molecule has 0 aromatic heterocycles. The standard InChI is InChI=1S/C27H30ClF2N3OS/c1-3-27(34)14-22-24(21-11-9-18(31-21)8-6-16(2)29)25(19-10-7-17(30)13-20(19)28)32-26(33(22)15-27)23-5-4-12-35-23/h4,7,9-13,16,18,23,25,34H,3,5-6,8,14-15H2,1-2H3/t16?,18?,23?,25-,27-/m0/s1. The third-order valence-electron chi connectivity index (χ3n) is 7.21. The zero-order valence-corrected chi connectivity index (χ0v) is 21.5. The van der Waals surface area contributed by atoms with Crippen LogP contribution < -0.4 is 0 Å². The molecule has 35 heavy (non-hydrogen) atoms. The van der Waals surface area contributed by atoms with Gasteiger partial charge < -0.3 is 10.0 Å². The molecule has 4 heterocycles. The third-order valence-corrected chi connectivity index (χ3v) is 8.62. The minimum absolute atomic E-state index is 0.0967. The second-order valence-corrected chi connectivity index (χ2v) is 11.3. The molecule has 3 unspecified atom stereocenters. The van der Waals surface area contributed by atoms with Crippen molar-refractivity contribution in [2.75, 3.05) is 6.54 Å². The van der Waals surface area contributed by atoms with Crippen LogP contribution in [0.3, 0.4) is 0 Å². The number of allylic oxidation sites excluding steroid dienone is 2. The summed E-state index contributed by atoms with van der Waals surface area (Å²) in [7, 11) is 0. The Bertz CT molecular complexity index is 1150. The first-order valence-corrected chi connectivity index (χ1v) is 13.6. The van der Waals surface area contributed by atoms with Gasteiger partial charge in [-0.1, -0.05) is 36.7 Å². The summed E-state index contributed by atoms with van der Waals surface area (Å²) < 4.78 is 27.4. The Morgan fingerprint density at radius 1 is 1.34 bits per heavy atom. The van der Waals surface area contributed by atoms with Crippen molar-refractivity contribution in [2.45, 2.75) is 75.1 Å². The smallest absolute Gasteiger partial charge is 0.124 e. The Hall–Kier alpha value is -1.96. The zero-order chi connectivity index (χ0) is 24.7. The topological polar surface area (TPSA) is 48.2 Å². The van der Waals surface area contributed by atoms with Gasteiger partial charge in [0.25, 0.3) is 0 Å². The average Bonchev–Trinajstić information content (AvgIpc) is 3.57. The highest BCUT2D eigenvalue weighted by Gasteiger charge is 2.47. The van der Waals surface area contributed by atoms with E-state index in [9.17, 15) is 13.9 Å². The van der Waals surface area contributed by atoms with Crippen molar-refractivity contribution in [3.63, 3.8) is 0 Å². The molecule has 0 amide bonds. The molecular weight excluding hydrogens is 488 g/mol. The molecule has 4 nitrogen and oxygen atoms in total. The molecule has 0 bridgehead atoms. The van der Waals surface area contributed by atoms with Crippen molar-refractivity contribution in [2.24, 2.45) is 9.98 Å². The molecule has 1 saturated heterocycles. The van der Waals surface area contributed by atoms with Gasteiger partial charge in [0.05, 0.1) is 35.3 Å². The predicted molar refractivity (Wildman–Crippen MR) is 140 cm³/mol. The highest BCUT2D eigenvalue weighted by molar-refractivity contribution is 8.03. The number of hydrogen-bond acceptors (Lipinski definition) is 5. The molecule has 4 aliphatic rings. The molecular formula is C27H30ClF2N3OS. The van der Waals surface area contributed by atoms with Gasteiger partial charge in [0, 0.05) is 28.3 Å². The number of aliphatic imine (C=N–C) groups is 2. The molecule has 186 valence electrons. The lowest BCUT2D eigenvalue weighted by Gasteiger charge is -2.35. The second kappa shape index (κ2) is 9.83. The van der Waals surface area contributed by atoms with Crippen LogP contribution in [0.25, 0.3) is 0 Å². The first-order valence-electron chi connectivity index (χ1n) is 12.2. The van der Waals surface area contributed by atoms with Crippen molar-refractivity contribution < 1.29 is 13.9 Å². The summed E-state index contributed by atoms with van der Waals surface area (Å²) in [6.07, 6.45) is 8.29. The lowest BCUT2D eigenvalue weighted by atomic mass is 9.89. The molecule has 0 saturated carbocycles. The van der Waals surface area contributed by atoms with Gasteiger partial charge in [-0.25, -0.2) is 8.78 Å². The number of benzene rings is 1. The highest BCUT2D eigenvalue weighted by atomic mass is 35.5. The van der Waals surface area contributed by atoms with Crippen LogP contribution in [0.2, 0.25) is 5.02 Å². The first kappa shape index (κ1) is 24.7. The van der Waals surface area contributed by atoms with E-state index in [4.69, 9.17) is 21.6 Å². The molecule has 0 spiro atoms. The van der Waals surface area contributed by atoms with Gasteiger partial charge in [-0.3, -0.25) is 9.98 Å². The van der Waals surface area contributed by atoms with E-state index in [1.165, 1.54) is 12.1 Å². The number of fused-ring (bicyclic) bond motifs is 1. The lowest BCUT2D eigenvalue weighted by Crippen LogP contribution is -2.41. The Kier molecular flexibility index (Phi) is 6.94. The van der Waals surface area contributed by atoms with E-state index in [2.05, 4.69) is 16.4 Å². The van der Waals surface area contributed by atoms with E-state index in [0.29, 0.717) is 42.8 Å². The minimum Gasteiger partial charge on any atom is -0.388 e. The summed E-state index contributed by atoms with van der Waals surface area (Å²) in [5, 5.41) is 13.9. The quantitative estimate of drug-likeness (QED) is 0.445. The largest absolute Gasteiger partial charge is 0.388 e. The van der Waals surface area contributed by atoms with Crippen molar-refractivity contribution in [1.82, 2.24) is 4.90 Å². The molecule has 8 heteroatoms. The molecule has 4 aliphatic heterocycles. The number of nitrogens with zero attached hydrogens (tertiary/aromatic N) is 3. The summed E-state index contributed by atoms with van der Waals surface area (Å²) in [4.78, 5) is 12.3. The van der Waals surface area contributed by atoms with Crippen LogP contribution in [0.4, 0.5) is 8.78 Å². The van der Waals surface area contributed by atoms with Gasteiger partial charge in [-0.15, -0.1) is 11.8 Å². The van der Waals surface area contributed by atoms with E-state index < -0.39 is 23.6 Å². The zero-order valence-electron chi connectivity index (χ0n) is 19.9. The minimum atomic E-state index is -0.875. The molecule has 1 aromatic carbocycles. The van der Waals surface area contributed by atoms with Crippen LogP contribution in [-0.4, -0.2) is 51.2 Å². The van der Waals surface area contributed by atoms with Crippen LogP contribution >= 0.6 is 23.4 Å². The molecule has 1 fully saturated rings. The van der Waals surface area contributed by atoms with Gasteiger partial charge in [0.2, 0.25) is 0 Å². The van der Waals surface area contributed by atoms with Crippen LogP contribution in [0.5, 0.6) is 0 Å². The number of aliphatic hydroxyl groups is 1. The lowest BCUT2D eigenvalue weighted by molar-refractivity contribution is 0.0517. The van der Waals surface area contributed by atoms with Gasteiger partial charge >= 0.3 is 0 Å². The van der Waals surface area contributed by atoms with Crippen molar-refractivity contribution in [1.29, 1.82) is 0 Å². The fraction of sp³-hybridized carbons (Fsp3) is 0.481. The Balaban J connectivity index is 1.63. The van der Waals surface area contributed by atoms with Crippen molar-refractivity contribution >= 4 is 34.9 Å². The molecule has 0 aliphatic carbocycles. The molecule has 5 atom stereocenters. The van der Waals surface area contributed by atoms with Crippen LogP contribution in [0.15, 0.2) is 63.1 Å². The summed E-state index contributed by atoms with van der Waals surface area (Å²) in [6, 6.07) is 3.86. The Morgan fingerprint density at radius 3 is 2.86 bits per heavy atom. The summed E-state index contributed by atoms with van der Waals surface area (Å²) >= 11 is 8.29. The summed E-state index contributed by atoms with van der Waals surface area (Å²) in [5.41, 5.74) is 2.53. The molecule has 0 radical (unpaired) electrons. The maximum Gasteiger partial charge on any atom is 0.124 e. The number of thioether (sulfide) groups is 1. The first-order chi connectivity index (χ1) is 16.8. The van der Waals surface area contributed by atoms with E-state index in [1.807, 2.05) is 19.1 Å². The van der Waals surface area contributed by atoms with E-state index in [1.54, 1.807) is 24.8 Å². The van der Waals surface area contributed by atoms with Crippen LogP contribution in [0, 0.1) is 5.82 Å². The normalized spacial score (nSPS) is 30.7. The van der Waals surface area contributed by atoms with Crippen molar-refractivity contribution in [3.05, 3.63) is 69.5 Å². The maximum atomic E-state index is 13.9. The van der Waals surface area contributed by atoms with E-state index >= 15 is 0 Å². The number of rotatable bonds is 7. The highest BCUT2D eigenvalue weighted by Crippen LogP contribution is 2.47. The Morgan fingerprint density at radius 2 is 2.17 bits per heavy atom. The van der Waals surface area contributed by atoms with E-state index in [0.717, 1.165) is 29.2 Å². The summed E-state index contributed by atoms with van der Waals surface area (Å²) in [6.45, 7) is 4.04. The van der Waals surface area contributed by atoms with Gasteiger partial charge in [0.1, 0.15) is 17.7 Å². The van der Waals surface area contributed by atoms with Crippen molar-refractivity contribution in [3.8, 4) is 0 Å². The van der Waals surface area contributed by atoms with E-state index in [-0.39, 0.29) is 11.3 Å². The number of halogens is 3. The average molecular weight is 518 g/mol. The monoisotopic (exact) mass is 517 g/mol. The molecule has 1 N–H and O–H groups in total. The number of amidine groups is 1. The van der Waals surface area contributed by atoms with Crippen LogP contribution in [0.1, 0.15) is 57.6 Å². The molecule has 1 aromatic rings. The van der Waals surface area contributed by atoms with Gasteiger partial charge in [-0.05, 0) is 56.2 Å². The van der Waals surface area contributed by atoms with Crippen LogP contribution in [-0.2, 0) is 0 Å². The SMILES string of the molecule is CC[C@]1(O)CC2=C(C3=NC(CCC(C)F)C=C3)[C@H](c3ccc(F)cc3Cl)N=C(C3CC=CS3)N2C1. The number of hydrogen-bond donors (Lipinski definition) is 1. The van der Waals surface area contributed by atoms with Gasteiger partial charge in [0.15, 0.2) is 0 Å². The Labute approximate surface area is 214 Å². The number of alkyl halides is 1. The molecule has 5 rings (SSSR count). The fourth-order valence-corrected chi connectivity index (χ4v) is 6.42. The third kappa shape index (κ3) is 4.87. The maximum absolute atomic E-state index is 13.9. The second-order valence-electron chi connectivity index (χ2n) is 9.79. The predicted octanol–water partition coefficient (Wildman–Crippen LogP) is 6.57.